The van der Waals surface area contributed by atoms with E-state index in [9.17, 15) is 23.1 Å². The summed E-state index contributed by atoms with van der Waals surface area (Å²) in [5.74, 6) is -1.15. The third-order valence-electron chi connectivity index (χ3n) is 6.47. The zero-order valence-corrected chi connectivity index (χ0v) is 25.1. The largest absolute Gasteiger partial charge is 0.463 e. The number of aliphatic hydroxyl groups excluding tert-OH is 1. The number of ether oxygens (including phenoxy) is 1. The fourth-order valence-corrected chi connectivity index (χ4v) is 4.90. The lowest BCUT2D eigenvalue weighted by atomic mass is 10.0. The maximum absolute atomic E-state index is 12.2. The molecule has 1 aromatic carbocycles. The molecule has 0 aliphatic carbocycles. The number of amides is 1. The second kappa shape index (κ2) is 19.7. The molecule has 0 heterocycles. The number of rotatable bonds is 21. The molecule has 1 rings (SSSR count). The summed E-state index contributed by atoms with van der Waals surface area (Å²) < 4.78 is 28.7. The Balaban J connectivity index is 2.37. The molecule has 2 N–H and O–H groups in total. The fraction of sp³-hybridized carbons (Fsp3) is 0.714. The summed E-state index contributed by atoms with van der Waals surface area (Å²) in [7, 11) is -3.40. The molecule has 0 radical (unpaired) electrons. The van der Waals surface area contributed by atoms with Crippen molar-refractivity contribution in [3.63, 3.8) is 0 Å². The van der Waals surface area contributed by atoms with Gasteiger partial charge in [-0.3, -0.25) is 9.59 Å². The smallest absolute Gasteiger partial charge is 0.305 e. The highest BCUT2D eigenvalue weighted by atomic mass is 35.5. The summed E-state index contributed by atoms with van der Waals surface area (Å²) in [4.78, 5) is 23.0. The summed E-state index contributed by atoms with van der Waals surface area (Å²) >= 11 is 11.2. The van der Waals surface area contributed by atoms with Crippen molar-refractivity contribution < 1.29 is 27.9 Å². The Morgan fingerprint density at radius 2 is 1.34 bits per heavy atom. The van der Waals surface area contributed by atoms with Gasteiger partial charge in [0.2, 0.25) is 0 Å². The first kappa shape index (κ1) is 34.7. The highest BCUT2D eigenvalue weighted by molar-refractivity contribution is 7.90. The number of unbranched alkanes of at least 4 members (excludes halogenated alkanes) is 12. The third-order valence-corrected chi connectivity index (χ3v) is 7.99. The normalized spacial score (nSPS) is 13.3. The highest BCUT2D eigenvalue weighted by Gasteiger charge is 2.27. The van der Waals surface area contributed by atoms with E-state index < -0.39 is 38.7 Å². The lowest BCUT2D eigenvalue weighted by molar-refractivity contribution is -0.146. The molecule has 0 aliphatic heterocycles. The number of halogens is 2. The predicted octanol–water partition coefficient (Wildman–Crippen LogP) is 6.44. The Bertz CT molecular complexity index is 908. The van der Waals surface area contributed by atoms with Gasteiger partial charge in [0.25, 0.3) is 5.91 Å². The lowest BCUT2D eigenvalue weighted by Gasteiger charge is -2.24. The predicted molar refractivity (Wildman–Crippen MR) is 153 cm³/mol. The summed E-state index contributed by atoms with van der Waals surface area (Å²) in [6, 6.07) is 4.59. The van der Waals surface area contributed by atoms with Gasteiger partial charge in [-0.25, -0.2) is 8.42 Å². The lowest BCUT2D eigenvalue weighted by Crippen LogP contribution is -2.45. The minimum atomic E-state index is -3.40. The van der Waals surface area contributed by atoms with Crippen molar-refractivity contribution in [1.29, 1.82) is 0 Å². The van der Waals surface area contributed by atoms with Crippen molar-refractivity contribution in [1.82, 2.24) is 5.32 Å². The molecular weight excluding hydrogens is 549 g/mol. The van der Waals surface area contributed by atoms with Gasteiger partial charge in [-0.15, -0.1) is 0 Å². The number of hydrogen-bond donors (Lipinski definition) is 2. The summed E-state index contributed by atoms with van der Waals surface area (Å²) in [5.41, 5.74) is 0.343. The van der Waals surface area contributed by atoms with Crippen LogP contribution < -0.4 is 5.32 Å². The Kier molecular flexibility index (Phi) is 17.9. The van der Waals surface area contributed by atoms with Crippen LogP contribution in [0.2, 0.25) is 0 Å². The highest BCUT2D eigenvalue weighted by Crippen LogP contribution is 2.21. The molecule has 0 bridgehead atoms. The maximum atomic E-state index is 12.2. The van der Waals surface area contributed by atoms with Gasteiger partial charge in [0, 0.05) is 12.7 Å². The van der Waals surface area contributed by atoms with Crippen LogP contribution in [0.15, 0.2) is 29.2 Å². The molecule has 2 atom stereocenters. The number of alkyl halides is 2. The average molecular weight is 595 g/mol. The van der Waals surface area contributed by atoms with Crippen LogP contribution in [0.4, 0.5) is 0 Å². The number of aliphatic hydroxyl groups is 1. The number of esters is 1. The zero-order valence-electron chi connectivity index (χ0n) is 22.8. The van der Waals surface area contributed by atoms with E-state index in [1.165, 1.54) is 88.5 Å². The molecule has 0 fully saturated rings. The first-order chi connectivity index (χ1) is 18.1. The minimum absolute atomic E-state index is 0.0971. The molecule has 10 heteroatoms. The molecule has 0 aromatic heterocycles. The van der Waals surface area contributed by atoms with Crippen molar-refractivity contribution >= 4 is 44.9 Å². The topological polar surface area (TPSA) is 110 Å². The Morgan fingerprint density at radius 1 is 0.868 bits per heavy atom. The van der Waals surface area contributed by atoms with Crippen LogP contribution in [0.3, 0.4) is 0 Å². The van der Waals surface area contributed by atoms with Gasteiger partial charge in [-0.1, -0.05) is 119 Å². The Hall–Kier alpha value is -1.35. The summed E-state index contributed by atoms with van der Waals surface area (Å²) in [6.45, 7) is 1.96. The van der Waals surface area contributed by atoms with Crippen LogP contribution in [-0.4, -0.2) is 49.1 Å². The molecule has 1 aromatic rings. The van der Waals surface area contributed by atoms with E-state index in [-0.39, 0.29) is 17.9 Å². The van der Waals surface area contributed by atoms with E-state index in [1.807, 2.05) is 0 Å². The first-order valence-corrected chi connectivity index (χ1v) is 16.5. The van der Waals surface area contributed by atoms with Crippen LogP contribution in [0.1, 0.15) is 108 Å². The van der Waals surface area contributed by atoms with Crippen LogP contribution in [-0.2, 0) is 24.2 Å². The number of sulfone groups is 1. The van der Waals surface area contributed by atoms with E-state index >= 15 is 0 Å². The third kappa shape index (κ3) is 15.3. The van der Waals surface area contributed by atoms with E-state index in [0.29, 0.717) is 12.0 Å². The zero-order chi connectivity index (χ0) is 28.4. The summed E-state index contributed by atoms with van der Waals surface area (Å²) in [5, 5.41) is 13.3. The molecular formula is C28H45Cl2NO6S. The van der Waals surface area contributed by atoms with Crippen molar-refractivity contribution in [3.8, 4) is 0 Å². The van der Waals surface area contributed by atoms with E-state index in [1.54, 1.807) is 0 Å². The number of hydrogen-bond acceptors (Lipinski definition) is 6. The standard InChI is InChI=1S/C28H45Cl2NO6S/c1-3-4-5-6-7-8-9-10-11-12-13-14-15-16-25(32)37-21-24(31-28(34)27(29)30)26(33)22-17-19-23(20-18-22)38(2,35)36/h17-20,24,26-27,33H,3-16,21H2,1-2H3,(H,31,34). The molecule has 0 saturated heterocycles. The van der Waals surface area contributed by atoms with Crippen LogP contribution in [0.25, 0.3) is 0 Å². The Labute approximate surface area is 238 Å². The van der Waals surface area contributed by atoms with E-state index in [0.717, 1.165) is 19.1 Å². The maximum Gasteiger partial charge on any atom is 0.305 e. The molecule has 0 spiro atoms. The number of carbonyl (C=O) groups is 2. The van der Waals surface area contributed by atoms with Gasteiger partial charge < -0.3 is 15.2 Å². The summed E-state index contributed by atoms with van der Waals surface area (Å²) in [6.07, 6.45) is 15.8. The van der Waals surface area contributed by atoms with Gasteiger partial charge in [0.05, 0.1) is 10.9 Å². The van der Waals surface area contributed by atoms with E-state index in [4.69, 9.17) is 27.9 Å². The molecule has 38 heavy (non-hydrogen) atoms. The molecule has 0 saturated carbocycles. The van der Waals surface area contributed by atoms with Gasteiger partial charge >= 0.3 is 5.97 Å². The monoisotopic (exact) mass is 593 g/mol. The second-order valence-corrected chi connectivity index (χ2v) is 13.0. The minimum Gasteiger partial charge on any atom is -0.463 e. The van der Waals surface area contributed by atoms with Crippen molar-refractivity contribution in [2.24, 2.45) is 0 Å². The van der Waals surface area contributed by atoms with Crippen molar-refractivity contribution in [2.45, 2.75) is 119 Å². The fourth-order valence-electron chi connectivity index (χ4n) is 4.14. The van der Waals surface area contributed by atoms with Gasteiger partial charge in [0.1, 0.15) is 12.7 Å². The van der Waals surface area contributed by atoms with Crippen molar-refractivity contribution in [3.05, 3.63) is 29.8 Å². The van der Waals surface area contributed by atoms with Crippen LogP contribution in [0, 0.1) is 0 Å². The molecule has 7 nitrogen and oxygen atoms in total. The number of nitrogens with one attached hydrogen (secondary N) is 1. The quantitative estimate of drug-likeness (QED) is 0.0964. The van der Waals surface area contributed by atoms with Crippen molar-refractivity contribution in [2.75, 3.05) is 12.9 Å². The van der Waals surface area contributed by atoms with Gasteiger partial charge in [-0.05, 0) is 24.1 Å². The number of carbonyl (C=O) groups excluding carboxylic acids is 2. The molecule has 218 valence electrons. The molecule has 1 amide bonds. The average Bonchev–Trinajstić information content (AvgIpc) is 2.88. The van der Waals surface area contributed by atoms with Gasteiger partial charge in [-0.2, -0.15) is 0 Å². The van der Waals surface area contributed by atoms with Gasteiger partial charge in [0.15, 0.2) is 14.7 Å². The second-order valence-electron chi connectivity index (χ2n) is 9.88. The Morgan fingerprint density at radius 3 is 1.79 bits per heavy atom. The van der Waals surface area contributed by atoms with E-state index in [2.05, 4.69) is 12.2 Å². The SMILES string of the molecule is CCCCCCCCCCCCCCCC(=O)OCC(NC(=O)C(Cl)Cl)C(O)c1ccc(S(C)(=O)=O)cc1. The molecule has 2 unspecified atom stereocenters. The van der Waals surface area contributed by atoms with Crippen LogP contribution >= 0.6 is 23.2 Å². The first-order valence-electron chi connectivity index (χ1n) is 13.8. The molecule has 0 aliphatic rings. The van der Waals surface area contributed by atoms with Crippen LogP contribution in [0.5, 0.6) is 0 Å². The number of benzene rings is 1.